The van der Waals surface area contributed by atoms with Crippen LogP contribution in [0.4, 0.5) is 0 Å². The van der Waals surface area contributed by atoms with Crippen LogP contribution >= 0.6 is 0 Å². The maximum absolute atomic E-state index is 12.7. The minimum Gasteiger partial charge on any atom is -0.348 e. The molecule has 3 saturated carbocycles. The second kappa shape index (κ2) is 5.94. The van der Waals surface area contributed by atoms with Crippen molar-refractivity contribution in [3.63, 3.8) is 0 Å². The van der Waals surface area contributed by atoms with Gasteiger partial charge in [-0.3, -0.25) is 4.79 Å². The lowest BCUT2D eigenvalue weighted by atomic mass is 9.44. The molecule has 0 unspecified atom stereocenters. The van der Waals surface area contributed by atoms with Gasteiger partial charge in [-0.1, -0.05) is 25.5 Å². The second-order valence-corrected chi connectivity index (χ2v) is 11.6. The molecular formula is C25H38O3. The van der Waals surface area contributed by atoms with Crippen LogP contribution in [-0.4, -0.2) is 24.8 Å². The first-order chi connectivity index (χ1) is 13.1. The fourth-order valence-corrected chi connectivity index (χ4v) is 8.81. The van der Waals surface area contributed by atoms with Crippen molar-refractivity contribution in [2.45, 2.75) is 85.4 Å². The fourth-order valence-electron chi connectivity index (χ4n) is 8.81. The van der Waals surface area contributed by atoms with Crippen LogP contribution in [0.1, 0.15) is 79.6 Å². The van der Waals surface area contributed by atoms with E-state index in [1.807, 2.05) is 0 Å². The molecule has 1 heterocycles. The summed E-state index contributed by atoms with van der Waals surface area (Å²) in [6.45, 7) is 13.1. The highest BCUT2D eigenvalue weighted by molar-refractivity contribution is 5.89. The summed E-state index contributed by atoms with van der Waals surface area (Å²) < 4.78 is 12.3. The Balaban J connectivity index is 1.49. The quantitative estimate of drug-likeness (QED) is 0.556. The number of Topliss-reactive ketones (excluding diaryl/α,β-unsaturated/α-hetero) is 1. The van der Waals surface area contributed by atoms with E-state index in [2.05, 4.69) is 40.7 Å². The van der Waals surface area contributed by atoms with Crippen LogP contribution < -0.4 is 0 Å². The zero-order chi connectivity index (χ0) is 19.9. The molecule has 5 rings (SSSR count). The lowest BCUT2D eigenvalue weighted by Gasteiger charge is -2.60. The predicted molar refractivity (Wildman–Crippen MR) is 110 cm³/mol. The molecule has 3 heteroatoms. The standard InChI is InChI=1S/C25H38O3/c1-22(2)19-8-6-16-17-7-9-20(25(5)27-14-15-28-25)24(17,4)12-10-18(16)23(19,3)13-11-21(22)26/h8,16-18,20H,6-7,9-15H2,1-5H3/t16-,17+,18-,20-,23-,24-/m0/s1. The smallest absolute Gasteiger partial charge is 0.169 e. The van der Waals surface area contributed by atoms with Gasteiger partial charge in [0, 0.05) is 17.8 Å². The number of rotatable bonds is 1. The maximum Gasteiger partial charge on any atom is 0.169 e. The van der Waals surface area contributed by atoms with Crippen LogP contribution in [0.5, 0.6) is 0 Å². The number of carbonyl (C=O) groups excluding carboxylic acids is 1. The Morgan fingerprint density at radius 2 is 1.64 bits per heavy atom. The van der Waals surface area contributed by atoms with Crippen molar-refractivity contribution in [1.82, 2.24) is 0 Å². The van der Waals surface area contributed by atoms with Gasteiger partial charge in [-0.05, 0) is 87.9 Å². The van der Waals surface area contributed by atoms with Crippen LogP contribution in [-0.2, 0) is 14.3 Å². The third-order valence-electron chi connectivity index (χ3n) is 10.2. The van der Waals surface area contributed by atoms with E-state index >= 15 is 0 Å². The Labute approximate surface area is 170 Å². The molecule has 1 saturated heterocycles. The minimum absolute atomic E-state index is 0.212. The SMILES string of the molecule is CC1(C)C(=O)CC[C@]2(C)C1=CC[C@H]1[C@H]3CC[C@H](C4(C)OCCO4)[C@@]3(C)CC[C@@H]12. The van der Waals surface area contributed by atoms with E-state index in [-0.39, 0.29) is 16.6 Å². The summed E-state index contributed by atoms with van der Waals surface area (Å²) in [6.07, 6.45) is 10.6. The van der Waals surface area contributed by atoms with Crippen molar-refractivity contribution in [1.29, 1.82) is 0 Å². The van der Waals surface area contributed by atoms with Gasteiger partial charge in [0.2, 0.25) is 0 Å². The first kappa shape index (κ1) is 19.3. The Kier molecular flexibility index (Phi) is 4.09. The predicted octanol–water partition coefficient (Wildman–Crippen LogP) is 5.53. The van der Waals surface area contributed by atoms with E-state index < -0.39 is 0 Å². The van der Waals surface area contributed by atoms with Gasteiger partial charge in [-0.15, -0.1) is 0 Å². The van der Waals surface area contributed by atoms with Crippen LogP contribution in [0.2, 0.25) is 0 Å². The van der Waals surface area contributed by atoms with Gasteiger partial charge < -0.3 is 9.47 Å². The topological polar surface area (TPSA) is 35.5 Å². The number of ketones is 1. The number of hydrogen-bond donors (Lipinski definition) is 0. The summed E-state index contributed by atoms with van der Waals surface area (Å²) in [5.41, 5.74) is 1.73. The van der Waals surface area contributed by atoms with Crippen LogP contribution in [0.3, 0.4) is 0 Å². The molecule has 0 aromatic rings. The van der Waals surface area contributed by atoms with Crippen LogP contribution in [0, 0.1) is 39.9 Å². The van der Waals surface area contributed by atoms with E-state index in [0.717, 1.165) is 50.2 Å². The lowest BCUT2D eigenvalue weighted by molar-refractivity contribution is -0.214. The molecule has 6 atom stereocenters. The van der Waals surface area contributed by atoms with E-state index in [4.69, 9.17) is 9.47 Å². The molecule has 156 valence electrons. The summed E-state index contributed by atoms with van der Waals surface area (Å²) in [7, 11) is 0. The summed E-state index contributed by atoms with van der Waals surface area (Å²) in [6, 6.07) is 0. The van der Waals surface area contributed by atoms with Crippen molar-refractivity contribution in [2.24, 2.45) is 39.9 Å². The molecule has 0 N–H and O–H groups in total. The van der Waals surface area contributed by atoms with E-state index in [1.165, 1.54) is 31.3 Å². The molecule has 0 radical (unpaired) electrons. The molecule has 4 fully saturated rings. The summed E-state index contributed by atoms with van der Waals surface area (Å²) in [5, 5.41) is 0. The molecular weight excluding hydrogens is 348 g/mol. The molecule has 0 amide bonds. The maximum atomic E-state index is 12.7. The molecule has 28 heavy (non-hydrogen) atoms. The monoisotopic (exact) mass is 386 g/mol. The van der Waals surface area contributed by atoms with Gasteiger partial charge in [0.05, 0.1) is 13.2 Å². The first-order valence-corrected chi connectivity index (χ1v) is 11.7. The largest absolute Gasteiger partial charge is 0.348 e. The summed E-state index contributed by atoms with van der Waals surface area (Å²) in [4.78, 5) is 12.7. The third kappa shape index (κ3) is 2.32. The molecule has 4 aliphatic carbocycles. The van der Waals surface area contributed by atoms with Crippen molar-refractivity contribution < 1.29 is 14.3 Å². The van der Waals surface area contributed by atoms with Gasteiger partial charge in [-0.25, -0.2) is 0 Å². The van der Waals surface area contributed by atoms with Crippen LogP contribution in [0.25, 0.3) is 0 Å². The van der Waals surface area contributed by atoms with Gasteiger partial charge in [-0.2, -0.15) is 0 Å². The Morgan fingerprint density at radius 1 is 0.929 bits per heavy atom. The van der Waals surface area contributed by atoms with Gasteiger partial charge >= 0.3 is 0 Å². The second-order valence-electron chi connectivity index (χ2n) is 11.6. The number of hydrogen-bond acceptors (Lipinski definition) is 3. The number of carbonyl (C=O) groups is 1. The highest BCUT2D eigenvalue weighted by atomic mass is 16.7. The average molecular weight is 387 g/mol. The van der Waals surface area contributed by atoms with Crippen LogP contribution in [0.15, 0.2) is 11.6 Å². The highest BCUT2D eigenvalue weighted by Gasteiger charge is 2.64. The van der Waals surface area contributed by atoms with Crippen molar-refractivity contribution >= 4 is 5.78 Å². The van der Waals surface area contributed by atoms with Gasteiger partial charge in [0.25, 0.3) is 0 Å². The summed E-state index contributed by atoms with van der Waals surface area (Å²) >= 11 is 0. The first-order valence-electron chi connectivity index (χ1n) is 11.7. The molecule has 0 aromatic carbocycles. The molecule has 5 aliphatic rings. The Bertz CT molecular complexity index is 715. The zero-order valence-electron chi connectivity index (χ0n) is 18.5. The van der Waals surface area contributed by atoms with Gasteiger partial charge in [0.1, 0.15) is 5.78 Å². The molecule has 0 spiro atoms. The van der Waals surface area contributed by atoms with Crippen molar-refractivity contribution in [3.05, 3.63) is 11.6 Å². The Hall–Kier alpha value is -0.670. The lowest BCUT2D eigenvalue weighted by Crippen LogP contribution is -2.55. The highest BCUT2D eigenvalue weighted by Crippen LogP contribution is 2.69. The van der Waals surface area contributed by atoms with E-state index in [0.29, 0.717) is 17.1 Å². The van der Waals surface area contributed by atoms with Gasteiger partial charge in [0.15, 0.2) is 5.79 Å². The average Bonchev–Trinajstić information content (AvgIpc) is 3.22. The van der Waals surface area contributed by atoms with E-state index in [1.54, 1.807) is 0 Å². The molecule has 0 bridgehead atoms. The number of ether oxygens (including phenoxy) is 2. The summed E-state index contributed by atoms with van der Waals surface area (Å²) in [5.74, 6) is 2.82. The third-order valence-corrected chi connectivity index (χ3v) is 10.2. The minimum atomic E-state index is -0.380. The van der Waals surface area contributed by atoms with Crippen molar-refractivity contribution in [3.8, 4) is 0 Å². The van der Waals surface area contributed by atoms with Crippen molar-refractivity contribution in [2.75, 3.05) is 13.2 Å². The van der Waals surface area contributed by atoms with E-state index in [9.17, 15) is 4.79 Å². The number of allylic oxidation sites excluding steroid dienone is 2. The normalized spacial score (nSPS) is 49.2. The fraction of sp³-hybridized carbons (Fsp3) is 0.880. The number of fused-ring (bicyclic) bond motifs is 5. The zero-order valence-corrected chi connectivity index (χ0v) is 18.5. The Morgan fingerprint density at radius 3 is 2.36 bits per heavy atom. The molecule has 3 nitrogen and oxygen atoms in total. The molecule has 1 aliphatic heterocycles. The molecule has 0 aromatic heterocycles.